The van der Waals surface area contributed by atoms with Crippen LogP contribution in [0.2, 0.25) is 0 Å². The minimum Gasteiger partial charge on any atom is -0.485 e. The molecule has 0 saturated heterocycles. The Morgan fingerprint density at radius 1 is 1.25 bits per heavy atom. The second kappa shape index (κ2) is 2.66. The summed E-state index contributed by atoms with van der Waals surface area (Å²) in [6.07, 6.45) is 0.185. The van der Waals surface area contributed by atoms with Gasteiger partial charge in [-0.15, -0.1) is 11.3 Å². The molecule has 3 heteroatoms. The topological polar surface area (TPSA) is 18.5 Å². The molecule has 2 nitrogen and oxygen atoms in total. The summed E-state index contributed by atoms with van der Waals surface area (Å²) in [5.74, 6) is 1.91. The van der Waals surface area contributed by atoms with E-state index in [1.165, 1.54) is 9.75 Å². The van der Waals surface area contributed by atoms with Gasteiger partial charge in [-0.25, -0.2) is 0 Å². The van der Waals surface area contributed by atoms with Gasteiger partial charge in [0.2, 0.25) is 0 Å². The van der Waals surface area contributed by atoms with Crippen molar-refractivity contribution in [2.24, 2.45) is 0 Å². The van der Waals surface area contributed by atoms with E-state index in [4.69, 9.17) is 9.47 Å². The highest BCUT2D eigenvalue weighted by Gasteiger charge is 2.23. The van der Waals surface area contributed by atoms with Crippen molar-refractivity contribution < 1.29 is 9.47 Å². The number of ether oxygens (including phenoxy) is 2. The maximum Gasteiger partial charge on any atom is 0.175 e. The molecule has 66 valence electrons. The fourth-order valence-electron chi connectivity index (χ4n) is 1.38. The summed E-state index contributed by atoms with van der Waals surface area (Å²) in [6, 6.07) is 0. The Bertz CT molecular complexity index is 304. The Morgan fingerprint density at radius 2 is 1.92 bits per heavy atom. The Morgan fingerprint density at radius 3 is 2.67 bits per heavy atom. The lowest BCUT2D eigenvalue weighted by atomic mass is 10.3. The molecule has 0 fully saturated rings. The predicted octanol–water partition coefficient (Wildman–Crippen LogP) is 2.52. The number of hydrogen-bond acceptors (Lipinski definition) is 3. The van der Waals surface area contributed by atoms with E-state index >= 15 is 0 Å². The molecule has 0 N–H and O–H groups in total. The molecule has 1 aliphatic heterocycles. The molecule has 1 aliphatic rings. The first-order valence-electron chi connectivity index (χ1n) is 4.08. The van der Waals surface area contributed by atoms with E-state index in [0.717, 1.165) is 11.5 Å². The zero-order chi connectivity index (χ0) is 8.72. The minimum atomic E-state index is 0.185. The van der Waals surface area contributed by atoms with Crippen LogP contribution in [0.4, 0.5) is 0 Å². The largest absolute Gasteiger partial charge is 0.485 e. The average Bonchev–Trinajstić information content (AvgIpc) is 2.28. The summed E-state index contributed by atoms with van der Waals surface area (Å²) in [5.41, 5.74) is 0. The van der Waals surface area contributed by atoms with Crippen molar-refractivity contribution in [3.63, 3.8) is 0 Å². The quantitative estimate of drug-likeness (QED) is 0.617. The summed E-state index contributed by atoms with van der Waals surface area (Å²) in [7, 11) is 0. The number of fused-ring (bicyclic) bond motifs is 1. The number of rotatable bonds is 0. The van der Waals surface area contributed by atoms with Crippen molar-refractivity contribution in [2.45, 2.75) is 26.9 Å². The highest BCUT2D eigenvalue weighted by molar-refractivity contribution is 7.12. The van der Waals surface area contributed by atoms with E-state index in [2.05, 4.69) is 13.8 Å². The molecular formula is C9H12O2S. The number of thiophene rings is 1. The molecule has 2 rings (SSSR count). The molecular weight excluding hydrogens is 172 g/mol. The number of aryl methyl sites for hydroxylation is 2. The van der Waals surface area contributed by atoms with Crippen molar-refractivity contribution >= 4 is 11.3 Å². The number of hydrogen-bond donors (Lipinski definition) is 0. The Labute approximate surface area is 76.1 Å². The highest BCUT2D eigenvalue weighted by atomic mass is 32.1. The van der Waals surface area contributed by atoms with Crippen LogP contribution in [0.3, 0.4) is 0 Å². The van der Waals surface area contributed by atoms with E-state index in [-0.39, 0.29) is 6.10 Å². The molecule has 0 radical (unpaired) electrons. The van der Waals surface area contributed by atoms with Crippen molar-refractivity contribution in [2.75, 3.05) is 6.61 Å². The van der Waals surface area contributed by atoms with Gasteiger partial charge in [-0.05, 0) is 20.8 Å². The lowest BCUT2D eigenvalue weighted by molar-refractivity contribution is 0.104. The zero-order valence-corrected chi connectivity index (χ0v) is 8.33. The smallest absolute Gasteiger partial charge is 0.175 e. The van der Waals surface area contributed by atoms with Gasteiger partial charge in [0.15, 0.2) is 11.5 Å². The third-order valence-electron chi connectivity index (χ3n) is 1.93. The molecule has 0 amide bonds. The Balaban J connectivity index is 2.45. The minimum absolute atomic E-state index is 0.185. The van der Waals surface area contributed by atoms with Gasteiger partial charge in [0.25, 0.3) is 0 Å². The third kappa shape index (κ3) is 1.08. The fraction of sp³-hybridized carbons (Fsp3) is 0.556. The van der Waals surface area contributed by atoms with Crippen LogP contribution in [0, 0.1) is 13.8 Å². The first kappa shape index (κ1) is 7.92. The van der Waals surface area contributed by atoms with Crippen molar-refractivity contribution in [3.8, 4) is 11.5 Å². The van der Waals surface area contributed by atoms with Gasteiger partial charge < -0.3 is 9.47 Å². The first-order chi connectivity index (χ1) is 5.68. The lowest BCUT2D eigenvalue weighted by Crippen LogP contribution is -2.25. The van der Waals surface area contributed by atoms with Gasteiger partial charge in [0.05, 0.1) is 0 Å². The van der Waals surface area contributed by atoms with E-state index in [0.29, 0.717) is 6.61 Å². The lowest BCUT2D eigenvalue weighted by Gasteiger charge is -2.22. The highest BCUT2D eigenvalue weighted by Crippen LogP contribution is 2.43. The van der Waals surface area contributed by atoms with Crippen LogP contribution in [-0.2, 0) is 0 Å². The van der Waals surface area contributed by atoms with Crippen molar-refractivity contribution in [1.82, 2.24) is 0 Å². The normalized spacial score (nSPS) is 21.1. The van der Waals surface area contributed by atoms with Gasteiger partial charge in [-0.3, -0.25) is 0 Å². The van der Waals surface area contributed by atoms with Gasteiger partial charge in [0, 0.05) is 9.75 Å². The maximum atomic E-state index is 5.67. The molecule has 0 unspecified atom stereocenters. The molecule has 0 spiro atoms. The van der Waals surface area contributed by atoms with E-state index in [1.54, 1.807) is 11.3 Å². The van der Waals surface area contributed by atoms with Crippen molar-refractivity contribution in [1.29, 1.82) is 0 Å². The zero-order valence-electron chi connectivity index (χ0n) is 7.51. The first-order valence-corrected chi connectivity index (χ1v) is 4.89. The van der Waals surface area contributed by atoms with Crippen LogP contribution >= 0.6 is 11.3 Å². The second-order valence-electron chi connectivity index (χ2n) is 3.11. The van der Waals surface area contributed by atoms with Crippen LogP contribution in [0.1, 0.15) is 16.7 Å². The van der Waals surface area contributed by atoms with Gasteiger partial charge >= 0.3 is 0 Å². The maximum absolute atomic E-state index is 5.67. The van der Waals surface area contributed by atoms with Crippen molar-refractivity contribution in [3.05, 3.63) is 9.75 Å². The van der Waals surface area contributed by atoms with Crippen LogP contribution in [0.5, 0.6) is 11.5 Å². The SMILES string of the molecule is Cc1sc(C)c2c1OC[C@@H](C)O2. The van der Waals surface area contributed by atoms with Crippen LogP contribution in [0.15, 0.2) is 0 Å². The van der Waals surface area contributed by atoms with Gasteiger partial charge in [0.1, 0.15) is 12.7 Å². The monoisotopic (exact) mass is 184 g/mol. The molecule has 0 aliphatic carbocycles. The van der Waals surface area contributed by atoms with E-state index < -0.39 is 0 Å². The summed E-state index contributed by atoms with van der Waals surface area (Å²) < 4.78 is 11.2. The summed E-state index contributed by atoms with van der Waals surface area (Å²) in [4.78, 5) is 2.43. The summed E-state index contributed by atoms with van der Waals surface area (Å²) >= 11 is 1.74. The second-order valence-corrected chi connectivity index (χ2v) is 4.54. The Hall–Kier alpha value is -0.700. The van der Waals surface area contributed by atoms with E-state index in [1.807, 2.05) is 6.92 Å². The molecule has 1 aromatic heterocycles. The molecule has 0 saturated carbocycles. The molecule has 12 heavy (non-hydrogen) atoms. The average molecular weight is 184 g/mol. The predicted molar refractivity (Wildman–Crippen MR) is 49.4 cm³/mol. The fourth-order valence-corrected chi connectivity index (χ4v) is 2.32. The summed E-state index contributed by atoms with van der Waals surface area (Å²) in [6.45, 7) is 6.83. The molecule has 0 bridgehead atoms. The summed E-state index contributed by atoms with van der Waals surface area (Å²) in [5, 5.41) is 0. The third-order valence-corrected chi connectivity index (χ3v) is 2.92. The molecule has 1 aromatic rings. The molecule has 0 aromatic carbocycles. The molecule has 2 heterocycles. The standard InChI is InChI=1S/C9H12O2S/c1-5-4-10-8-6(2)12-7(3)9(8)11-5/h5H,4H2,1-3H3/t5-/m1/s1. The van der Waals surface area contributed by atoms with Crippen LogP contribution in [-0.4, -0.2) is 12.7 Å². The van der Waals surface area contributed by atoms with E-state index in [9.17, 15) is 0 Å². The Kier molecular flexibility index (Phi) is 1.76. The van der Waals surface area contributed by atoms with Crippen LogP contribution in [0.25, 0.3) is 0 Å². The van der Waals surface area contributed by atoms with Gasteiger partial charge in [-0.2, -0.15) is 0 Å². The van der Waals surface area contributed by atoms with Gasteiger partial charge in [-0.1, -0.05) is 0 Å². The van der Waals surface area contributed by atoms with Crippen LogP contribution < -0.4 is 9.47 Å². The molecule has 1 atom stereocenters.